The van der Waals surface area contributed by atoms with Gasteiger partial charge in [0.1, 0.15) is 17.9 Å². The lowest BCUT2D eigenvalue weighted by Gasteiger charge is -2.31. The van der Waals surface area contributed by atoms with Crippen LogP contribution in [0.15, 0.2) is 64.5 Å². The molecule has 1 saturated heterocycles. The molecule has 2 aromatic carbocycles. The number of benzene rings is 2. The van der Waals surface area contributed by atoms with Crippen LogP contribution in [0.1, 0.15) is 51.7 Å². The summed E-state index contributed by atoms with van der Waals surface area (Å²) in [5.74, 6) is -2.45. The number of Topliss-reactive ketones (excluding diaryl/α,β-unsaturated/α-hetero) is 1. The van der Waals surface area contributed by atoms with Gasteiger partial charge in [0.2, 0.25) is 21.8 Å². The Morgan fingerprint density at radius 1 is 1.05 bits per heavy atom. The second kappa shape index (κ2) is 13.6. The Kier molecular flexibility index (Phi) is 10.7. The molecule has 0 aliphatic carbocycles. The van der Waals surface area contributed by atoms with E-state index in [9.17, 15) is 32.7 Å². The van der Waals surface area contributed by atoms with Gasteiger partial charge >= 0.3 is 5.97 Å². The number of carbonyl (C=O) groups is 4. The Balaban J connectivity index is 1.70. The lowest BCUT2D eigenvalue weighted by atomic mass is 9.99. The van der Waals surface area contributed by atoms with Crippen LogP contribution in [0.2, 0.25) is 0 Å². The number of nitrogens with two attached hydrogens (primary N) is 1. The first-order valence-corrected chi connectivity index (χ1v) is 15.7. The normalized spacial score (nSPS) is 19.7. The van der Waals surface area contributed by atoms with Gasteiger partial charge < -0.3 is 16.2 Å². The molecule has 13 heteroatoms. The third-order valence-corrected chi connectivity index (χ3v) is 10.2. The molecule has 2 aromatic rings. The van der Waals surface area contributed by atoms with Crippen molar-refractivity contribution in [3.05, 3.63) is 65.7 Å². The van der Waals surface area contributed by atoms with Gasteiger partial charge in [-0.3, -0.25) is 14.4 Å². The number of amides is 2. The number of nitrogens with zero attached hydrogens (tertiary/aromatic N) is 2. The molecular formula is C29H36N4O7S2. The van der Waals surface area contributed by atoms with Gasteiger partial charge in [0.05, 0.1) is 16.1 Å². The van der Waals surface area contributed by atoms with Gasteiger partial charge in [0.15, 0.2) is 0 Å². The standard InChI is InChI=1S/C29H36N4O7S2/c1-18(30)31-25(35)15-14-22(34)16-20-10-12-21(13-11-20)17-24(28(37)38)32-27(36)26-29(3,4)41-19(2)33(26)42(39,40)23-8-6-5-7-9-23/h5-13,19,24,26H,14-17H2,1-4H3,(H,32,36)(H,37,38)(H2,30,31,35)/t19?,24-,26+/m0/s1. The fourth-order valence-electron chi connectivity index (χ4n) is 4.85. The number of carboxylic acids is 1. The molecule has 1 aliphatic heterocycles. The first kappa shape index (κ1) is 33.0. The number of hydrogen-bond donors (Lipinski definition) is 3. The molecule has 0 radical (unpaired) electrons. The summed E-state index contributed by atoms with van der Waals surface area (Å²) in [6, 6.07) is 12.1. The van der Waals surface area contributed by atoms with Crippen LogP contribution in [0.3, 0.4) is 0 Å². The summed E-state index contributed by atoms with van der Waals surface area (Å²) in [7, 11) is -4.05. The summed E-state index contributed by atoms with van der Waals surface area (Å²) in [6.45, 7) is 6.71. The third kappa shape index (κ3) is 8.26. The van der Waals surface area contributed by atoms with Crippen LogP contribution >= 0.6 is 11.8 Å². The van der Waals surface area contributed by atoms with Gasteiger partial charge in [-0.1, -0.05) is 42.5 Å². The summed E-state index contributed by atoms with van der Waals surface area (Å²) in [6.07, 6.45) is 0.0262. The second-order valence-corrected chi connectivity index (χ2v) is 14.5. The number of nitrogens with one attached hydrogen (secondary N) is 1. The van der Waals surface area contributed by atoms with E-state index in [1.807, 2.05) is 0 Å². The van der Waals surface area contributed by atoms with Gasteiger partial charge in [0.25, 0.3) is 0 Å². The van der Waals surface area contributed by atoms with Crippen molar-refractivity contribution in [1.82, 2.24) is 9.62 Å². The number of ketones is 1. The van der Waals surface area contributed by atoms with Crippen molar-refractivity contribution in [3.8, 4) is 0 Å². The van der Waals surface area contributed by atoms with E-state index in [0.29, 0.717) is 11.1 Å². The predicted molar refractivity (Wildman–Crippen MR) is 160 cm³/mol. The van der Waals surface area contributed by atoms with Crippen LogP contribution < -0.4 is 11.1 Å². The van der Waals surface area contributed by atoms with Crippen LogP contribution in [0.25, 0.3) is 0 Å². The number of aliphatic imine (C=N–C) groups is 1. The molecule has 1 heterocycles. The first-order chi connectivity index (χ1) is 19.6. The van der Waals surface area contributed by atoms with Gasteiger partial charge in [-0.25, -0.2) is 18.2 Å². The fourth-order valence-corrected chi connectivity index (χ4v) is 8.61. The lowest BCUT2D eigenvalue weighted by Crippen LogP contribution is -2.57. The minimum absolute atomic E-state index is 0.0237. The minimum atomic E-state index is -4.05. The number of thioether (sulfide) groups is 1. The summed E-state index contributed by atoms with van der Waals surface area (Å²) < 4.78 is 27.4. The molecule has 0 saturated carbocycles. The van der Waals surface area contributed by atoms with Crippen molar-refractivity contribution in [3.63, 3.8) is 0 Å². The van der Waals surface area contributed by atoms with Crippen molar-refractivity contribution in [2.45, 2.75) is 80.5 Å². The van der Waals surface area contributed by atoms with E-state index < -0.39 is 50.0 Å². The number of carbonyl (C=O) groups excluding carboxylic acids is 3. The fraction of sp³-hybridized carbons (Fsp3) is 0.414. The monoisotopic (exact) mass is 616 g/mol. The molecule has 0 bridgehead atoms. The number of rotatable bonds is 12. The molecule has 1 fully saturated rings. The highest BCUT2D eigenvalue weighted by Gasteiger charge is 2.55. The largest absolute Gasteiger partial charge is 0.480 e. The van der Waals surface area contributed by atoms with E-state index in [1.165, 1.54) is 30.8 Å². The molecule has 1 aliphatic rings. The number of carboxylic acid groups (broad SMARTS) is 1. The van der Waals surface area contributed by atoms with Crippen molar-refractivity contribution in [1.29, 1.82) is 0 Å². The highest BCUT2D eigenvalue weighted by atomic mass is 32.2. The molecule has 11 nitrogen and oxygen atoms in total. The quantitative estimate of drug-likeness (QED) is 0.239. The van der Waals surface area contributed by atoms with E-state index in [1.54, 1.807) is 63.2 Å². The summed E-state index contributed by atoms with van der Waals surface area (Å²) in [5, 5.41) is 11.9. The van der Waals surface area contributed by atoms with Gasteiger partial charge in [-0.15, -0.1) is 11.8 Å². The number of amidine groups is 1. The Morgan fingerprint density at radius 2 is 1.64 bits per heavy atom. The first-order valence-electron chi connectivity index (χ1n) is 13.3. The molecule has 42 heavy (non-hydrogen) atoms. The molecule has 2 amide bonds. The molecule has 3 atom stereocenters. The number of aliphatic carboxylic acids is 1. The van der Waals surface area contributed by atoms with Gasteiger partial charge in [0, 0.05) is 30.4 Å². The molecule has 3 rings (SSSR count). The van der Waals surface area contributed by atoms with E-state index in [-0.39, 0.29) is 42.2 Å². The highest BCUT2D eigenvalue weighted by molar-refractivity contribution is 8.02. The minimum Gasteiger partial charge on any atom is -0.480 e. The Bertz CT molecular complexity index is 1450. The average molecular weight is 617 g/mol. The van der Waals surface area contributed by atoms with Crippen molar-refractivity contribution in [2.75, 3.05) is 0 Å². The van der Waals surface area contributed by atoms with Crippen LogP contribution in [0.5, 0.6) is 0 Å². The van der Waals surface area contributed by atoms with E-state index in [2.05, 4.69) is 10.3 Å². The van der Waals surface area contributed by atoms with Crippen molar-refractivity contribution >= 4 is 51.2 Å². The summed E-state index contributed by atoms with van der Waals surface area (Å²) in [4.78, 5) is 53.2. The predicted octanol–water partition coefficient (Wildman–Crippen LogP) is 2.52. The van der Waals surface area contributed by atoms with Crippen molar-refractivity contribution < 1.29 is 32.7 Å². The molecular weight excluding hydrogens is 580 g/mol. The average Bonchev–Trinajstić information content (AvgIpc) is 3.16. The third-order valence-electron chi connectivity index (χ3n) is 6.71. The number of hydrogen-bond acceptors (Lipinski definition) is 7. The Labute approximate surface area is 250 Å². The van der Waals surface area contributed by atoms with Crippen LogP contribution in [-0.2, 0) is 42.0 Å². The Morgan fingerprint density at radius 3 is 2.21 bits per heavy atom. The molecule has 0 spiro atoms. The van der Waals surface area contributed by atoms with Crippen molar-refractivity contribution in [2.24, 2.45) is 10.7 Å². The Hall–Kier alpha value is -3.55. The van der Waals surface area contributed by atoms with Crippen LogP contribution in [-0.4, -0.2) is 69.4 Å². The zero-order chi connectivity index (χ0) is 31.2. The summed E-state index contributed by atoms with van der Waals surface area (Å²) in [5.41, 5.74) is 6.66. The maximum atomic E-state index is 13.6. The maximum absolute atomic E-state index is 13.6. The second-order valence-electron chi connectivity index (χ2n) is 10.7. The molecule has 0 aromatic heterocycles. The van der Waals surface area contributed by atoms with Gasteiger partial charge in [-0.2, -0.15) is 4.31 Å². The SMILES string of the molecule is CC(N)=NC(=O)CCC(=O)Cc1ccc(C[C@H](NC(=O)[C@H]2N(S(=O)(=O)c3ccccc3)C(C)SC2(C)C)C(=O)O)cc1. The number of sulfonamides is 1. The maximum Gasteiger partial charge on any atom is 0.326 e. The van der Waals surface area contributed by atoms with Gasteiger partial charge in [-0.05, 0) is 51.0 Å². The topological polar surface area (TPSA) is 176 Å². The lowest BCUT2D eigenvalue weighted by molar-refractivity contribution is -0.142. The van der Waals surface area contributed by atoms with E-state index >= 15 is 0 Å². The smallest absolute Gasteiger partial charge is 0.326 e. The molecule has 4 N–H and O–H groups in total. The zero-order valence-corrected chi connectivity index (χ0v) is 25.6. The molecule has 226 valence electrons. The molecule has 1 unspecified atom stereocenters. The van der Waals surface area contributed by atoms with E-state index in [0.717, 1.165) is 4.31 Å². The van der Waals surface area contributed by atoms with E-state index in [4.69, 9.17) is 5.73 Å². The highest BCUT2D eigenvalue weighted by Crippen LogP contribution is 2.46. The zero-order valence-electron chi connectivity index (χ0n) is 23.9. The van der Waals surface area contributed by atoms with Crippen LogP contribution in [0.4, 0.5) is 0 Å². The summed E-state index contributed by atoms with van der Waals surface area (Å²) >= 11 is 1.32. The van der Waals surface area contributed by atoms with Crippen LogP contribution in [0, 0.1) is 0 Å².